The summed E-state index contributed by atoms with van der Waals surface area (Å²) in [7, 11) is 0. The lowest BCUT2D eigenvalue weighted by Gasteiger charge is -2.22. The van der Waals surface area contributed by atoms with Gasteiger partial charge in [-0.25, -0.2) is 9.97 Å². The Balaban J connectivity index is 1.29. The average molecular weight is 1100 g/mol. The fourth-order valence-corrected chi connectivity index (χ4v) is 10.00. The maximum absolute atomic E-state index is 14.4. The van der Waals surface area contributed by atoms with Crippen LogP contribution in [0.15, 0.2) is 200 Å². The van der Waals surface area contributed by atoms with E-state index in [1.807, 2.05) is 60.7 Å². The molecular weight excluding hydrogens is 1070 g/mol. The van der Waals surface area contributed by atoms with Crippen LogP contribution in [0.5, 0.6) is 0 Å². The molecule has 0 N–H and O–H groups in total. The Kier molecular flexibility index (Phi) is 13.1. The number of fused-ring (bicyclic) bond motifs is 3. The molecule has 2 heterocycles. The van der Waals surface area contributed by atoms with Gasteiger partial charge in [-0.2, -0.15) is 63.2 Å². The van der Waals surface area contributed by atoms with Crippen molar-refractivity contribution in [2.75, 3.05) is 0 Å². The Morgan fingerprint density at radius 1 is 0.321 bits per heavy atom. The summed E-state index contributed by atoms with van der Waals surface area (Å²) in [4.78, 5) is 10.0. The van der Waals surface area contributed by atoms with E-state index in [1.54, 1.807) is 71.3 Å². The molecule has 81 heavy (non-hydrogen) atoms. The van der Waals surface area contributed by atoms with Crippen LogP contribution in [-0.2, 0) is 24.7 Å². The van der Waals surface area contributed by atoms with Gasteiger partial charge in [0.15, 0.2) is 5.82 Å². The number of nitrogens with zero attached hydrogens (tertiary/aromatic N) is 5. The van der Waals surface area contributed by atoms with Crippen molar-refractivity contribution in [1.29, 1.82) is 10.5 Å². The number of rotatable bonds is 8. The van der Waals surface area contributed by atoms with Crippen LogP contribution in [0.25, 0.3) is 106 Å². The lowest BCUT2D eigenvalue weighted by Crippen LogP contribution is -2.11. The molecular formula is C64H33F12N5. The van der Waals surface area contributed by atoms with Crippen molar-refractivity contribution in [2.24, 2.45) is 0 Å². The molecule has 0 amide bonds. The summed E-state index contributed by atoms with van der Waals surface area (Å²) in [6.07, 6.45) is -20.9. The van der Waals surface area contributed by atoms with Crippen LogP contribution in [0, 0.1) is 22.7 Å². The highest BCUT2D eigenvalue weighted by molar-refractivity contribution is 6.13. The Labute approximate surface area is 452 Å². The quantitative estimate of drug-likeness (QED) is 0.142. The van der Waals surface area contributed by atoms with E-state index in [2.05, 4.69) is 12.1 Å². The third-order valence-corrected chi connectivity index (χ3v) is 13.7. The topological polar surface area (TPSA) is 78.3 Å². The zero-order valence-electron chi connectivity index (χ0n) is 41.3. The van der Waals surface area contributed by atoms with Gasteiger partial charge in [0, 0.05) is 49.7 Å². The smallest absolute Gasteiger partial charge is 0.308 e. The lowest BCUT2D eigenvalue weighted by molar-refractivity contribution is -0.144. The molecule has 0 saturated carbocycles. The Hall–Kier alpha value is -10.0. The summed E-state index contributed by atoms with van der Waals surface area (Å²) in [6, 6.07) is 51.4. The summed E-state index contributed by atoms with van der Waals surface area (Å²) in [5, 5.41) is 21.7. The molecule has 0 unspecified atom stereocenters. The number of benzene rings is 9. The maximum Gasteiger partial charge on any atom is 0.416 e. The molecule has 0 spiro atoms. The van der Waals surface area contributed by atoms with Crippen molar-refractivity contribution in [3.05, 3.63) is 234 Å². The molecule has 0 bridgehead atoms. The lowest BCUT2D eigenvalue weighted by atomic mass is 9.88. The Morgan fingerprint density at radius 3 is 1.09 bits per heavy atom. The first-order valence-corrected chi connectivity index (χ1v) is 24.4. The minimum absolute atomic E-state index is 0.0260. The van der Waals surface area contributed by atoms with Crippen LogP contribution in [0.2, 0.25) is 0 Å². The van der Waals surface area contributed by atoms with E-state index in [-0.39, 0.29) is 61.9 Å². The van der Waals surface area contributed by atoms with Crippen molar-refractivity contribution < 1.29 is 52.7 Å². The molecule has 0 radical (unpaired) electrons. The molecule has 0 aliphatic rings. The van der Waals surface area contributed by atoms with Crippen LogP contribution in [-0.4, -0.2) is 14.5 Å². The number of halogens is 12. The number of aromatic nitrogens is 3. The van der Waals surface area contributed by atoms with Crippen molar-refractivity contribution in [3.8, 4) is 96.2 Å². The predicted molar refractivity (Wildman–Crippen MR) is 284 cm³/mol. The summed E-state index contributed by atoms with van der Waals surface area (Å²) < 4.78 is 174. The fraction of sp³-hybridized carbons (Fsp3) is 0.0625. The first kappa shape index (κ1) is 53.0. The van der Waals surface area contributed by atoms with Gasteiger partial charge in [-0.15, -0.1) is 0 Å². The number of hydrogen-bond acceptors (Lipinski definition) is 4. The number of alkyl halides is 12. The van der Waals surface area contributed by atoms with Crippen LogP contribution in [0.1, 0.15) is 33.4 Å². The van der Waals surface area contributed by atoms with Crippen LogP contribution >= 0.6 is 0 Å². The molecule has 398 valence electrons. The summed E-state index contributed by atoms with van der Waals surface area (Å²) in [5.41, 5.74) is -2.80. The number of hydrogen-bond donors (Lipinski definition) is 0. The third kappa shape index (κ3) is 10.2. The van der Waals surface area contributed by atoms with Crippen molar-refractivity contribution in [1.82, 2.24) is 14.5 Å². The third-order valence-electron chi connectivity index (χ3n) is 13.7. The van der Waals surface area contributed by atoms with E-state index in [0.29, 0.717) is 74.9 Å². The van der Waals surface area contributed by atoms with Gasteiger partial charge < -0.3 is 4.57 Å². The Bertz CT molecular complexity index is 4040. The van der Waals surface area contributed by atoms with Gasteiger partial charge in [-0.1, -0.05) is 109 Å². The fourth-order valence-electron chi connectivity index (χ4n) is 10.00. The maximum atomic E-state index is 14.4. The van der Waals surface area contributed by atoms with Crippen molar-refractivity contribution in [2.45, 2.75) is 24.7 Å². The van der Waals surface area contributed by atoms with Crippen LogP contribution in [0.4, 0.5) is 52.7 Å². The second-order valence-electron chi connectivity index (χ2n) is 18.8. The summed E-state index contributed by atoms with van der Waals surface area (Å²) >= 11 is 0. The summed E-state index contributed by atoms with van der Waals surface area (Å²) in [6.45, 7) is 0. The van der Waals surface area contributed by atoms with Crippen molar-refractivity contribution in [3.63, 3.8) is 0 Å². The molecule has 0 aliphatic carbocycles. The van der Waals surface area contributed by atoms with E-state index >= 15 is 0 Å². The van der Waals surface area contributed by atoms with E-state index < -0.39 is 58.1 Å². The zero-order valence-corrected chi connectivity index (χ0v) is 41.3. The van der Waals surface area contributed by atoms with Crippen molar-refractivity contribution >= 4 is 21.8 Å². The normalized spacial score (nSPS) is 12.2. The van der Waals surface area contributed by atoms with Crippen LogP contribution < -0.4 is 0 Å². The standard InChI is InChI=1S/C64H33F12N5/c65-61(66,67)45-23-42(24-46(31-45)62(68,69)70)38-19-21-57-51(27-38)52-28-39(43-25-47(63(71,72)73)32-48(26-43)64(74,75)76)20-22-58(52)81(57)59-53(49-17-9-7-15-40(49)34-77)29-44(30-54(59)50-18-10-8-16-41(50)35-78)56-33-55(36-11-3-1-4-12-36)79-60(80-56)37-13-5-2-6-14-37/h1-33H. The molecule has 0 atom stereocenters. The van der Waals surface area contributed by atoms with Gasteiger partial charge in [-0.3, -0.25) is 0 Å². The highest BCUT2D eigenvalue weighted by atomic mass is 19.4. The molecule has 2 aromatic heterocycles. The monoisotopic (exact) mass is 1100 g/mol. The highest BCUT2D eigenvalue weighted by Gasteiger charge is 2.39. The van der Waals surface area contributed by atoms with Gasteiger partial charge in [0.1, 0.15) is 0 Å². The molecule has 0 aliphatic heterocycles. The average Bonchev–Trinajstić information content (AvgIpc) is 4.04. The molecule has 0 fully saturated rings. The van der Waals surface area contributed by atoms with E-state index in [4.69, 9.17) is 9.97 Å². The van der Waals surface area contributed by atoms with E-state index in [1.165, 1.54) is 36.4 Å². The van der Waals surface area contributed by atoms with E-state index in [9.17, 15) is 63.2 Å². The van der Waals surface area contributed by atoms with Gasteiger partial charge in [0.05, 0.1) is 73.6 Å². The van der Waals surface area contributed by atoms with Crippen LogP contribution in [0.3, 0.4) is 0 Å². The Morgan fingerprint density at radius 2 is 0.691 bits per heavy atom. The minimum Gasteiger partial charge on any atom is -0.308 e. The highest BCUT2D eigenvalue weighted by Crippen LogP contribution is 2.48. The molecule has 17 heteroatoms. The first-order chi connectivity index (χ1) is 38.6. The predicted octanol–water partition coefficient (Wildman–Crippen LogP) is 19.1. The second-order valence-corrected chi connectivity index (χ2v) is 18.8. The molecule has 9 aromatic carbocycles. The molecule has 11 rings (SSSR count). The van der Waals surface area contributed by atoms with Gasteiger partial charge in [0.25, 0.3) is 0 Å². The molecule has 5 nitrogen and oxygen atoms in total. The van der Waals surface area contributed by atoms with Gasteiger partial charge in [0.2, 0.25) is 0 Å². The number of nitriles is 2. The van der Waals surface area contributed by atoms with Gasteiger partial charge >= 0.3 is 24.7 Å². The summed E-state index contributed by atoms with van der Waals surface area (Å²) in [5.74, 6) is 0.342. The van der Waals surface area contributed by atoms with E-state index in [0.717, 1.165) is 5.56 Å². The minimum atomic E-state index is -5.23. The zero-order chi connectivity index (χ0) is 57.2. The largest absolute Gasteiger partial charge is 0.416 e. The van der Waals surface area contributed by atoms with Gasteiger partial charge in [-0.05, 0) is 113 Å². The molecule has 0 saturated heterocycles. The second kappa shape index (κ2) is 20.0. The first-order valence-electron chi connectivity index (χ1n) is 24.4. The molecule has 11 aromatic rings. The SMILES string of the molecule is N#Cc1ccccc1-c1cc(-c2cc(-c3ccccc3)nc(-c3ccccc3)n2)cc(-c2ccccc2C#N)c1-n1c2ccc(-c3cc(C(F)(F)F)cc(C(F)(F)F)c3)cc2c2cc(-c3cc(C(F)(F)F)cc(C(F)(F)F)c3)ccc21.